The van der Waals surface area contributed by atoms with Crippen molar-refractivity contribution < 1.29 is 0 Å². The second-order valence-corrected chi connectivity index (χ2v) is 4.14. The predicted molar refractivity (Wildman–Crippen MR) is 43.7 cm³/mol. The molecule has 0 aromatic heterocycles. The van der Waals surface area contributed by atoms with Crippen LogP contribution in [0.3, 0.4) is 0 Å². The van der Waals surface area contributed by atoms with E-state index in [-0.39, 0.29) is 0 Å². The maximum absolute atomic E-state index is 2.44. The van der Waals surface area contributed by atoms with Gasteiger partial charge in [-0.15, -0.1) is 0 Å². The summed E-state index contributed by atoms with van der Waals surface area (Å²) in [6, 6.07) is 0. The van der Waals surface area contributed by atoms with Crippen LogP contribution in [0, 0.1) is 23.7 Å². The van der Waals surface area contributed by atoms with Crippen LogP contribution in [0.25, 0.3) is 0 Å². The maximum Gasteiger partial charge on any atom is -0.0205 e. The van der Waals surface area contributed by atoms with E-state index < -0.39 is 0 Å². The van der Waals surface area contributed by atoms with Crippen molar-refractivity contribution in [2.45, 2.75) is 26.7 Å². The Balaban J connectivity index is 1.74. The molecule has 0 unspecified atom stereocenters. The topological polar surface area (TPSA) is 0 Å². The van der Waals surface area contributed by atoms with Gasteiger partial charge in [0.2, 0.25) is 0 Å². The van der Waals surface area contributed by atoms with E-state index in [9.17, 15) is 0 Å². The highest BCUT2D eigenvalue weighted by atomic mass is 14.4. The summed E-state index contributed by atoms with van der Waals surface area (Å²) in [4.78, 5) is 0. The zero-order valence-corrected chi connectivity index (χ0v) is 6.88. The Morgan fingerprint density at radius 2 is 1.20 bits per heavy atom. The highest BCUT2D eigenvalue weighted by Gasteiger charge is 2.33. The number of rotatable bonds is 2. The average molecular weight is 136 g/mol. The molecule has 0 N–H and O–H groups in total. The molecule has 10 heavy (non-hydrogen) atoms. The van der Waals surface area contributed by atoms with Crippen LogP contribution in [0.4, 0.5) is 0 Å². The molecule has 0 bridgehead atoms. The van der Waals surface area contributed by atoms with Crippen LogP contribution in [0.15, 0.2) is 12.2 Å². The van der Waals surface area contributed by atoms with E-state index in [1.54, 1.807) is 0 Å². The summed E-state index contributed by atoms with van der Waals surface area (Å²) in [5, 5.41) is 0. The quantitative estimate of drug-likeness (QED) is 0.512. The van der Waals surface area contributed by atoms with Gasteiger partial charge in [0.25, 0.3) is 0 Å². The lowest BCUT2D eigenvalue weighted by Crippen LogP contribution is -1.72. The molecule has 0 amide bonds. The fraction of sp³-hybridized carbons (Fsp3) is 0.800. The van der Waals surface area contributed by atoms with Crippen LogP contribution in [0.1, 0.15) is 26.7 Å². The van der Waals surface area contributed by atoms with Crippen molar-refractivity contribution in [1.29, 1.82) is 0 Å². The molecule has 0 spiro atoms. The molecule has 0 aromatic carbocycles. The number of hydrogen-bond donors (Lipinski definition) is 0. The summed E-state index contributed by atoms with van der Waals surface area (Å²) in [6.07, 6.45) is 7.77. The normalized spacial score (nSPS) is 51.8. The van der Waals surface area contributed by atoms with Crippen LogP contribution in [0.5, 0.6) is 0 Å². The molecular formula is C10H16. The third-order valence-electron chi connectivity index (χ3n) is 2.95. The average Bonchev–Trinajstić information content (AvgIpc) is 2.71. The second kappa shape index (κ2) is 2.11. The second-order valence-electron chi connectivity index (χ2n) is 4.14. The van der Waals surface area contributed by atoms with Crippen LogP contribution < -0.4 is 0 Å². The minimum absolute atomic E-state index is 0.952. The number of hydrogen-bond acceptors (Lipinski definition) is 0. The van der Waals surface area contributed by atoms with Crippen molar-refractivity contribution in [2.75, 3.05) is 0 Å². The van der Waals surface area contributed by atoms with Gasteiger partial charge in [-0.1, -0.05) is 26.0 Å². The van der Waals surface area contributed by atoms with Crippen molar-refractivity contribution in [1.82, 2.24) is 0 Å². The molecule has 2 rings (SSSR count). The molecule has 56 valence electrons. The Hall–Kier alpha value is -0.260. The molecule has 0 heterocycles. The predicted octanol–water partition coefficient (Wildman–Crippen LogP) is 2.85. The van der Waals surface area contributed by atoms with E-state index >= 15 is 0 Å². The first kappa shape index (κ1) is 6.45. The van der Waals surface area contributed by atoms with Crippen LogP contribution in [0.2, 0.25) is 0 Å². The van der Waals surface area contributed by atoms with Crippen LogP contribution in [-0.2, 0) is 0 Å². The van der Waals surface area contributed by atoms with Crippen molar-refractivity contribution in [2.24, 2.45) is 23.7 Å². The van der Waals surface area contributed by atoms with Gasteiger partial charge in [0.15, 0.2) is 0 Å². The van der Waals surface area contributed by atoms with Crippen molar-refractivity contribution in [3.8, 4) is 0 Å². The monoisotopic (exact) mass is 136 g/mol. The molecular weight excluding hydrogens is 120 g/mol. The van der Waals surface area contributed by atoms with E-state index in [1.807, 2.05) is 0 Å². The Morgan fingerprint density at radius 3 is 1.40 bits per heavy atom. The zero-order valence-electron chi connectivity index (χ0n) is 6.88. The Morgan fingerprint density at radius 1 is 0.900 bits per heavy atom. The molecule has 4 atom stereocenters. The van der Waals surface area contributed by atoms with Gasteiger partial charge in [0, 0.05) is 0 Å². The standard InChI is InChI=1S/C10H16/c1-7-5-9(7)3-4-10-6-8(10)2/h3-4,7-10H,5-6H2,1-2H3/b4-3+/t7-,8-,9-,10-/m0/s1. The minimum Gasteiger partial charge on any atom is -0.0849 e. The van der Waals surface area contributed by atoms with Gasteiger partial charge in [0.1, 0.15) is 0 Å². The largest absolute Gasteiger partial charge is 0.0849 e. The van der Waals surface area contributed by atoms with E-state index in [1.165, 1.54) is 12.8 Å². The summed E-state index contributed by atoms with van der Waals surface area (Å²) >= 11 is 0. The van der Waals surface area contributed by atoms with Crippen molar-refractivity contribution in [3.63, 3.8) is 0 Å². The van der Waals surface area contributed by atoms with E-state index in [0.717, 1.165) is 23.7 Å². The third kappa shape index (κ3) is 1.25. The van der Waals surface area contributed by atoms with Crippen molar-refractivity contribution in [3.05, 3.63) is 12.2 Å². The van der Waals surface area contributed by atoms with Crippen molar-refractivity contribution >= 4 is 0 Å². The van der Waals surface area contributed by atoms with Gasteiger partial charge in [-0.2, -0.15) is 0 Å². The molecule has 0 aliphatic heterocycles. The lowest BCUT2D eigenvalue weighted by Gasteiger charge is -1.83. The van der Waals surface area contributed by atoms with Crippen LogP contribution >= 0.6 is 0 Å². The first-order valence-electron chi connectivity index (χ1n) is 4.45. The first-order valence-corrected chi connectivity index (χ1v) is 4.45. The summed E-state index contributed by atoms with van der Waals surface area (Å²) in [6.45, 7) is 4.68. The maximum atomic E-state index is 2.44. The Kier molecular flexibility index (Phi) is 1.36. The molecule has 0 aromatic rings. The highest BCUT2D eigenvalue weighted by molar-refractivity contribution is 5.07. The van der Waals surface area contributed by atoms with Gasteiger partial charge in [-0.3, -0.25) is 0 Å². The molecule has 2 saturated carbocycles. The Bertz CT molecular complexity index is 139. The molecule has 0 saturated heterocycles. The summed E-state index contributed by atoms with van der Waals surface area (Å²) in [5.74, 6) is 3.89. The lowest BCUT2D eigenvalue weighted by molar-refractivity contribution is 0.867. The highest BCUT2D eigenvalue weighted by Crippen LogP contribution is 2.43. The summed E-state index contributed by atoms with van der Waals surface area (Å²) in [5.41, 5.74) is 0. The molecule has 2 aliphatic carbocycles. The molecule has 0 nitrogen and oxygen atoms in total. The van der Waals surface area contributed by atoms with Gasteiger partial charge in [0.05, 0.1) is 0 Å². The first-order chi connectivity index (χ1) is 4.77. The van der Waals surface area contributed by atoms with Gasteiger partial charge < -0.3 is 0 Å². The fourth-order valence-corrected chi connectivity index (χ4v) is 1.52. The molecule has 0 radical (unpaired) electrons. The van der Waals surface area contributed by atoms with Gasteiger partial charge in [-0.05, 0) is 36.5 Å². The van der Waals surface area contributed by atoms with Gasteiger partial charge >= 0.3 is 0 Å². The van der Waals surface area contributed by atoms with Gasteiger partial charge in [-0.25, -0.2) is 0 Å². The third-order valence-corrected chi connectivity index (χ3v) is 2.95. The smallest absolute Gasteiger partial charge is 0.0205 e. The minimum atomic E-state index is 0.952. The summed E-state index contributed by atoms with van der Waals surface area (Å²) in [7, 11) is 0. The summed E-state index contributed by atoms with van der Waals surface area (Å²) < 4.78 is 0. The fourth-order valence-electron chi connectivity index (χ4n) is 1.52. The zero-order chi connectivity index (χ0) is 7.14. The van der Waals surface area contributed by atoms with E-state index in [0.29, 0.717) is 0 Å². The number of allylic oxidation sites excluding steroid dienone is 2. The molecule has 0 heteroatoms. The molecule has 2 fully saturated rings. The van der Waals surface area contributed by atoms with E-state index in [4.69, 9.17) is 0 Å². The van der Waals surface area contributed by atoms with E-state index in [2.05, 4.69) is 26.0 Å². The Labute approximate surface area is 63.3 Å². The van der Waals surface area contributed by atoms with Crippen LogP contribution in [-0.4, -0.2) is 0 Å². The molecule has 2 aliphatic rings. The SMILES string of the molecule is C[C@H]1C[C@@H]1/C=C/[C@H]1C[C@@H]1C. The lowest BCUT2D eigenvalue weighted by atomic mass is 10.2.